The summed E-state index contributed by atoms with van der Waals surface area (Å²) in [6.07, 6.45) is 7.22. The van der Waals surface area contributed by atoms with Gasteiger partial charge in [0, 0.05) is 19.3 Å². The molecule has 7 heteroatoms. The van der Waals surface area contributed by atoms with Gasteiger partial charge >= 0.3 is 27.9 Å². The quantitative estimate of drug-likeness (QED) is 0.330. The molecule has 2 saturated heterocycles. The van der Waals surface area contributed by atoms with E-state index in [1.807, 2.05) is 25.1 Å². The molecule has 0 aromatic carbocycles. The van der Waals surface area contributed by atoms with Gasteiger partial charge in [0.1, 0.15) is 0 Å². The van der Waals surface area contributed by atoms with Crippen LogP contribution in [0.25, 0.3) is 0 Å². The Morgan fingerprint density at radius 2 is 1.87 bits per heavy atom. The molecule has 129 valence electrons. The Hall–Kier alpha value is -0.516. The molecule has 1 aromatic rings. The second-order valence-electron chi connectivity index (χ2n) is 6.12. The summed E-state index contributed by atoms with van der Waals surface area (Å²) in [5, 5.41) is 5.15. The normalized spacial score (nSPS) is 23.7. The van der Waals surface area contributed by atoms with Crippen LogP contribution in [-0.2, 0) is 13.7 Å². The van der Waals surface area contributed by atoms with Gasteiger partial charge in [0.15, 0.2) is 5.11 Å². The van der Waals surface area contributed by atoms with E-state index in [-0.39, 0.29) is 0 Å². The van der Waals surface area contributed by atoms with Crippen molar-refractivity contribution in [2.45, 2.75) is 32.6 Å². The Balaban J connectivity index is 0.000000924. The minimum atomic E-state index is 0.754. The van der Waals surface area contributed by atoms with Crippen LogP contribution in [0.1, 0.15) is 38.3 Å². The summed E-state index contributed by atoms with van der Waals surface area (Å²) in [6, 6.07) is 5.82. The maximum atomic E-state index is 5.52. The Bertz CT molecular complexity index is 518. The molecular formula is C16H22BrN4NiS. The zero-order valence-corrected chi connectivity index (χ0v) is 16.5. The van der Waals surface area contributed by atoms with Crippen LogP contribution >= 0.6 is 26.4 Å². The molecule has 0 amide bonds. The molecule has 0 spiro atoms. The fraction of sp³-hybridized carbons (Fsp3) is 0.562. The van der Waals surface area contributed by atoms with Crippen molar-refractivity contribution in [3.63, 3.8) is 0 Å². The van der Waals surface area contributed by atoms with Crippen molar-refractivity contribution in [2.75, 3.05) is 13.1 Å². The summed E-state index contributed by atoms with van der Waals surface area (Å²) in [5.41, 5.74) is 4.79. The third-order valence-corrected chi connectivity index (χ3v) is 4.92. The van der Waals surface area contributed by atoms with Gasteiger partial charge in [0.2, 0.25) is 0 Å². The van der Waals surface area contributed by atoms with Gasteiger partial charge in [-0.25, -0.2) is 0 Å². The van der Waals surface area contributed by atoms with Crippen LogP contribution in [0.3, 0.4) is 0 Å². The number of rotatable bonds is 2. The third kappa shape index (κ3) is 5.51. The molecule has 2 aliphatic heterocycles. The van der Waals surface area contributed by atoms with Crippen LogP contribution in [0.5, 0.6) is 0 Å². The van der Waals surface area contributed by atoms with Gasteiger partial charge in [0.25, 0.3) is 0 Å². The van der Waals surface area contributed by atoms with Gasteiger partial charge in [-0.05, 0) is 68.8 Å². The second kappa shape index (κ2) is 9.70. The molecule has 1 aliphatic carbocycles. The molecular weight excluding hydrogens is 419 g/mol. The third-order valence-electron chi connectivity index (χ3n) is 4.57. The summed E-state index contributed by atoms with van der Waals surface area (Å²) in [7, 11) is 0. The molecule has 23 heavy (non-hydrogen) atoms. The van der Waals surface area contributed by atoms with E-state index in [2.05, 4.69) is 48.3 Å². The van der Waals surface area contributed by atoms with E-state index in [1.54, 1.807) is 6.20 Å². The molecule has 3 aliphatic rings. The molecule has 1 N–H and O–H groups in total. The van der Waals surface area contributed by atoms with Gasteiger partial charge in [-0.2, -0.15) is 5.10 Å². The summed E-state index contributed by atoms with van der Waals surface area (Å²) >= 11 is 11.8. The van der Waals surface area contributed by atoms with Crippen molar-refractivity contribution in [1.29, 1.82) is 0 Å². The molecule has 4 nitrogen and oxygen atoms in total. The van der Waals surface area contributed by atoms with E-state index in [9.17, 15) is 0 Å². The van der Waals surface area contributed by atoms with Crippen LogP contribution in [0, 0.1) is 11.8 Å². The summed E-state index contributed by atoms with van der Waals surface area (Å²) < 4.78 is 0. The van der Waals surface area contributed by atoms with E-state index < -0.39 is 0 Å². The molecule has 0 unspecified atom stereocenters. The minimum absolute atomic E-state index is 0.754. The number of fused-ring (bicyclic) bond motifs is 4. The predicted octanol–water partition coefficient (Wildman–Crippen LogP) is 3.65. The molecule has 1 saturated carbocycles. The Kier molecular flexibility index (Phi) is 7.94. The topological polar surface area (TPSA) is 40.5 Å². The summed E-state index contributed by atoms with van der Waals surface area (Å²) in [4.78, 5) is 6.60. The van der Waals surface area contributed by atoms with Gasteiger partial charge in [-0.1, -0.05) is 6.07 Å². The number of nitrogens with one attached hydrogen (secondary N) is 1. The van der Waals surface area contributed by atoms with Crippen molar-refractivity contribution >= 4 is 37.3 Å². The van der Waals surface area contributed by atoms with Gasteiger partial charge in [-0.3, -0.25) is 10.4 Å². The molecule has 0 atom stereocenters. The zero-order chi connectivity index (χ0) is 16.7. The van der Waals surface area contributed by atoms with Crippen LogP contribution in [0.15, 0.2) is 29.5 Å². The average Bonchev–Trinajstić information content (AvgIpc) is 2.96. The summed E-state index contributed by atoms with van der Waals surface area (Å²) in [5.74, 6) is 1.62. The standard InChI is InChI=1S/C16H22N4S.BrH.Ni/c1-12(15-4-2-3-9-17-15)18-19-16(21)20-10-13-5-6-14(11-20)8-7-13;;/h2-4,9,13-14H,5-8,10-11H2,1H3,(H,19,21);1H;/q;;+1/p-1. The average molecular weight is 441 g/mol. The fourth-order valence-electron chi connectivity index (χ4n) is 3.30. The number of aromatic nitrogens is 1. The van der Waals surface area contributed by atoms with E-state index >= 15 is 0 Å². The predicted molar refractivity (Wildman–Crippen MR) is 98.1 cm³/mol. The number of hydrazone groups is 1. The molecule has 0 radical (unpaired) electrons. The van der Waals surface area contributed by atoms with Gasteiger partial charge < -0.3 is 4.90 Å². The number of thiocarbonyl (C=S) groups is 1. The molecule has 1 aromatic heterocycles. The first-order valence-corrected chi connectivity index (χ1v) is 10.7. The second-order valence-corrected chi connectivity index (χ2v) is 6.51. The Morgan fingerprint density at radius 3 is 2.39 bits per heavy atom. The van der Waals surface area contributed by atoms with Crippen molar-refractivity contribution in [3.8, 4) is 0 Å². The van der Waals surface area contributed by atoms with E-state index in [0.29, 0.717) is 0 Å². The molecule has 4 rings (SSSR count). The van der Waals surface area contributed by atoms with Crippen molar-refractivity contribution in [3.05, 3.63) is 30.1 Å². The maximum absolute atomic E-state index is 5.52. The SMILES string of the molecule is CC(=NNC(=S)N1CC2CCC(CC2)C1)c1ccccn1.[Ni][Br]. The van der Waals surface area contributed by atoms with E-state index in [4.69, 9.17) is 12.2 Å². The number of hydrogen-bond acceptors (Lipinski definition) is 3. The van der Waals surface area contributed by atoms with Crippen LogP contribution < -0.4 is 5.43 Å². The molecule has 2 bridgehead atoms. The zero-order valence-electron chi connectivity index (χ0n) is 13.2. The first kappa shape index (κ1) is 18.8. The van der Waals surface area contributed by atoms with Crippen molar-refractivity contribution < 1.29 is 13.7 Å². The molecule has 3 fully saturated rings. The first-order chi connectivity index (χ1) is 11.2. The Labute approximate surface area is 158 Å². The number of hydrogen-bond donors (Lipinski definition) is 1. The van der Waals surface area contributed by atoms with Crippen molar-refractivity contribution in [1.82, 2.24) is 15.3 Å². The van der Waals surface area contributed by atoms with E-state index in [0.717, 1.165) is 41.4 Å². The fourth-order valence-corrected chi connectivity index (χ4v) is 3.49. The monoisotopic (exact) mass is 439 g/mol. The van der Waals surface area contributed by atoms with Gasteiger partial charge in [0.05, 0.1) is 11.4 Å². The Morgan fingerprint density at radius 1 is 1.26 bits per heavy atom. The molecule has 3 heterocycles. The van der Waals surface area contributed by atoms with Crippen LogP contribution in [-0.4, -0.2) is 33.8 Å². The van der Waals surface area contributed by atoms with Gasteiger partial charge in [-0.15, -0.1) is 0 Å². The number of nitrogens with zero attached hydrogens (tertiary/aromatic N) is 3. The summed E-state index contributed by atoms with van der Waals surface area (Å²) in [6.45, 7) is 4.12. The number of halogens is 1. The first-order valence-electron chi connectivity index (χ1n) is 7.85. The van der Waals surface area contributed by atoms with Crippen LogP contribution in [0.4, 0.5) is 0 Å². The number of pyridine rings is 1. The van der Waals surface area contributed by atoms with E-state index in [1.165, 1.54) is 25.7 Å². The van der Waals surface area contributed by atoms with Crippen molar-refractivity contribution in [2.24, 2.45) is 16.9 Å². The van der Waals surface area contributed by atoms with Crippen LogP contribution in [0.2, 0.25) is 0 Å².